The summed E-state index contributed by atoms with van der Waals surface area (Å²) in [4.78, 5) is 11.7. The van der Waals surface area contributed by atoms with Gasteiger partial charge in [0.15, 0.2) is 0 Å². The number of rotatable bonds is 4. The predicted molar refractivity (Wildman–Crippen MR) is 57.7 cm³/mol. The molecule has 3 heteroatoms. The van der Waals surface area contributed by atoms with Crippen molar-refractivity contribution in [2.75, 3.05) is 6.54 Å². The number of hydrogen-bond acceptors (Lipinski definition) is 2. The van der Waals surface area contributed by atoms with Crippen LogP contribution in [0, 0.1) is 17.3 Å². The van der Waals surface area contributed by atoms with Crippen LogP contribution in [0.15, 0.2) is 0 Å². The van der Waals surface area contributed by atoms with E-state index in [4.69, 9.17) is 5.73 Å². The Morgan fingerprint density at radius 1 is 1.57 bits per heavy atom. The van der Waals surface area contributed by atoms with Gasteiger partial charge in [-0.2, -0.15) is 0 Å². The normalized spacial score (nSPS) is 26.0. The first-order chi connectivity index (χ1) is 6.38. The van der Waals surface area contributed by atoms with Crippen molar-refractivity contribution in [3.8, 4) is 0 Å². The Bertz CT molecular complexity index is 223. The summed E-state index contributed by atoms with van der Waals surface area (Å²) in [6, 6.07) is 0.124. The topological polar surface area (TPSA) is 55.1 Å². The predicted octanol–water partition coefficient (Wildman–Crippen LogP) is 1.13. The Morgan fingerprint density at radius 2 is 2.07 bits per heavy atom. The van der Waals surface area contributed by atoms with Gasteiger partial charge in [-0.15, -0.1) is 0 Å². The summed E-state index contributed by atoms with van der Waals surface area (Å²) in [5.74, 6) is 0.792. The molecule has 0 aromatic carbocycles. The third-order valence-corrected chi connectivity index (χ3v) is 3.22. The van der Waals surface area contributed by atoms with Crippen LogP contribution >= 0.6 is 0 Å². The molecule has 3 nitrogen and oxygen atoms in total. The molecule has 1 aliphatic rings. The van der Waals surface area contributed by atoms with Crippen LogP contribution in [0.25, 0.3) is 0 Å². The molecule has 0 spiro atoms. The van der Waals surface area contributed by atoms with Gasteiger partial charge in [-0.1, -0.05) is 27.7 Å². The molecule has 1 fully saturated rings. The highest BCUT2D eigenvalue weighted by atomic mass is 16.2. The molecule has 1 aliphatic carbocycles. The first-order valence-electron chi connectivity index (χ1n) is 5.39. The average molecular weight is 198 g/mol. The summed E-state index contributed by atoms with van der Waals surface area (Å²) in [7, 11) is 0. The molecular weight excluding hydrogens is 176 g/mol. The van der Waals surface area contributed by atoms with Crippen molar-refractivity contribution in [1.82, 2.24) is 5.32 Å². The SMILES string of the molecule is CC(C)C(CN)NC(=O)C1CC1(C)C. The van der Waals surface area contributed by atoms with Crippen LogP contribution in [0.1, 0.15) is 34.1 Å². The van der Waals surface area contributed by atoms with Crippen LogP contribution in [0.5, 0.6) is 0 Å². The summed E-state index contributed by atoms with van der Waals surface area (Å²) in [6.07, 6.45) is 1.01. The van der Waals surface area contributed by atoms with Gasteiger partial charge in [0, 0.05) is 18.5 Å². The second kappa shape index (κ2) is 3.89. The van der Waals surface area contributed by atoms with E-state index in [9.17, 15) is 4.79 Å². The highest BCUT2D eigenvalue weighted by Crippen LogP contribution is 2.51. The number of nitrogens with one attached hydrogen (secondary N) is 1. The molecule has 0 saturated heterocycles. The first kappa shape index (κ1) is 11.5. The number of carbonyl (C=O) groups is 1. The highest BCUT2D eigenvalue weighted by molar-refractivity contribution is 5.82. The van der Waals surface area contributed by atoms with E-state index in [2.05, 4.69) is 33.0 Å². The lowest BCUT2D eigenvalue weighted by Gasteiger charge is -2.20. The van der Waals surface area contributed by atoms with Crippen molar-refractivity contribution in [2.45, 2.75) is 40.2 Å². The van der Waals surface area contributed by atoms with E-state index in [-0.39, 0.29) is 23.3 Å². The van der Waals surface area contributed by atoms with E-state index in [0.29, 0.717) is 12.5 Å². The molecule has 0 aromatic rings. The van der Waals surface area contributed by atoms with Crippen molar-refractivity contribution >= 4 is 5.91 Å². The van der Waals surface area contributed by atoms with E-state index in [0.717, 1.165) is 6.42 Å². The third kappa shape index (κ3) is 2.47. The molecule has 1 rings (SSSR count). The molecule has 0 bridgehead atoms. The fourth-order valence-corrected chi connectivity index (χ4v) is 1.70. The Kier molecular flexibility index (Phi) is 3.20. The summed E-state index contributed by atoms with van der Waals surface area (Å²) < 4.78 is 0. The molecule has 2 unspecified atom stereocenters. The number of nitrogens with two attached hydrogens (primary N) is 1. The highest BCUT2D eigenvalue weighted by Gasteiger charge is 2.50. The minimum atomic E-state index is 0.124. The molecular formula is C11H22N2O. The zero-order chi connectivity index (χ0) is 10.9. The first-order valence-corrected chi connectivity index (χ1v) is 5.39. The summed E-state index contributed by atoms with van der Waals surface area (Å²) >= 11 is 0. The van der Waals surface area contributed by atoms with Crippen molar-refractivity contribution in [3.05, 3.63) is 0 Å². The minimum Gasteiger partial charge on any atom is -0.352 e. The quantitative estimate of drug-likeness (QED) is 0.711. The third-order valence-electron chi connectivity index (χ3n) is 3.22. The molecule has 82 valence electrons. The maximum atomic E-state index is 11.7. The molecule has 0 heterocycles. The summed E-state index contributed by atoms with van der Waals surface area (Å²) in [5.41, 5.74) is 5.80. The van der Waals surface area contributed by atoms with Crippen molar-refractivity contribution in [3.63, 3.8) is 0 Å². The largest absolute Gasteiger partial charge is 0.352 e. The van der Waals surface area contributed by atoms with Crippen LogP contribution in [0.4, 0.5) is 0 Å². The van der Waals surface area contributed by atoms with Gasteiger partial charge < -0.3 is 11.1 Å². The number of hydrogen-bond donors (Lipinski definition) is 2. The van der Waals surface area contributed by atoms with Crippen LogP contribution in [-0.2, 0) is 4.79 Å². The van der Waals surface area contributed by atoms with Crippen molar-refractivity contribution < 1.29 is 4.79 Å². The van der Waals surface area contributed by atoms with Crippen molar-refractivity contribution in [2.24, 2.45) is 23.0 Å². The number of amides is 1. The molecule has 2 atom stereocenters. The Balaban J connectivity index is 2.41. The number of carbonyl (C=O) groups excluding carboxylic acids is 1. The van der Waals surface area contributed by atoms with E-state index in [1.807, 2.05) is 0 Å². The van der Waals surface area contributed by atoms with E-state index < -0.39 is 0 Å². The average Bonchev–Trinajstić information content (AvgIpc) is 2.70. The van der Waals surface area contributed by atoms with Crippen molar-refractivity contribution in [1.29, 1.82) is 0 Å². The van der Waals surface area contributed by atoms with Gasteiger partial charge in [0.05, 0.1) is 0 Å². The Labute approximate surface area is 86.4 Å². The molecule has 3 N–H and O–H groups in total. The van der Waals surface area contributed by atoms with Gasteiger partial charge in [-0.3, -0.25) is 4.79 Å². The molecule has 1 saturated carbocycles. The van der Waals surface area contributed by atoms with E-state index in [1.54, 1.807) is 0 Å². The van der Waals surface area contributed by atoms with Crippen LogP contribution < -0.4 is 11.1 Å². The van der Waals surface area contributed by atoms with E-state index in [1.165, 1.54) is 0 Å². The van der Waals surface area contributed by atoms with Crippen LogP contribution in [0.3, 0.4) is 0 Å². The lowest BCUT2D eigenvalue weighted by Crippen LogP contribution is -2.44. The van der Waals surface area contributed by atoms with Gasteiger partial charge in [0.25, 0.3) is 0 Å². The molecule has 1 amide bonds. The lowest BCUT2D eigenvalue weighted by molar-refractivity contribution is -0.123. The molecule has 14 heavy (non-hydrogen) atoms. The maximum Gasteiger partial charge on any atom is 0.223 e. The summed E-state index contributed by atoms with van der Waals surface area (Å²) in [5, 5.41) is 3.02. The molecule has 0 radical (unpaired) electrons. The molecule has 0 aliphatic heterocycles. The standard InChI is InChI=1S/C11H22N2O/c1-7(2)9(6-12)13-10(14)8-5-11(8,3)4/h7-9H,5-6,12H2,1-4H3,(H,13,14). The van der Waals surface area contributed by atoms with Gasteiger partial charge >= 0.3 is 0 Å². The lowest BCUT2D eigenvalue weighted by atomic mass is 10.0. The monoisotopic (exact) mass is 198 g/mol. The van der Waals surface area contributed by atoms with E-state index >= 15 is 0 Å². The second-order valence-electron chi connectivity index (χ2n) is 5.34. The minimum absolute atomic E-state index is 0.124. The summed E-state index contributed by atoms with van der Waals surface area (Å²) in [6.45, 7) is 8.94. The Hall–Kier alpha value is -0.570. The Morgan fingerprint density at radius 3 is 2.36 bits per heavy atom. The second-order valence-corrected chi connectivity index (χ2v) is 5.34. The fourth-order valence-electron chi connectivity index (χ4n) is 1.70. The maximum absolute atomic E-state index is 11.7. The van der Waals surface area contributed by atoms with Gasteiger partial charge in [0.2, 0.25) is 5.91 Å². The van der Waals surface area contributed by atoms with Crippen LogP contribution in [-0.4, -0.2) is 18.5 Å². The van der Waals surface area contributed by atoms with Gasteiger partial charge in [-0.05, 0) is 17.8 Å². The zero-order valence-electron chi connectivity index (χ0n) is 9.63. The van der Waals surface area contributed by atoms with Crippen LogP contribution in [0.2, 0.25) is 0 Å². The smallest absolute Gasteiger partial charge is 0.223 e. The molecule has 0 aromatic heterocycles. The fraction of sp³-hybridized carbons (Fsp3) is 0.909. The van der Waals surface area contributed by atoms with Gasteiger partial charge in [0.1, 0.15) is 0 Å². The van der Waals surface area contributed by atoms with Gasteiger partial charge in [-0.25, -0.2) is 0 Å². The zero-order valence-corrected chi connectivity index (χ0v) is 9.63.